The van der Waals surface area contributed by atoms with E-state index in [1.807, 2.05) is 24.3 Å². The molecule has 148 valence electrons. The summed E-state index contributed by atoms with van der Waals surface area (Å²) in [7, 11) is 0. The molecule has 2 aromatic carbocycles. The maximum Gasteiger partial charge on any atom is 0.292 e. The number of carbonyl (C=O) groups excluding carboxylic acids is 1. The number of pyridine rings is 1. The number of benzene rings is 2. The van der Waals surface area contributed by atoms with E-state index in [0.717, 1.165) is 16.3 Å². The van der Waals surface area contributed by atoms with Crippen LogP contribution in [0.15, 0.2) is 71.3 Å². The van der Waals surface area contributed by atoms with Crippen LogP contribution in [0.3, 0.4) is 0 Å². The number of fused-ring (bicyclic) bond motifs is 2. The number of phenolic OH excluding ortho intramolecular Hbond substituents is 1. The van der Waals surface area contributed by atoms with Crippen molar-refractivity contribution in [1.29, 1.82) is 0 Å². The van der Waals surface area contributed by atoms with Gasteiger partial charge in [0.1, 0.15) is 17.3 Å². The minimum atomic E-state index is -0.378. The lowest BCUT2D eigenvalue weighted by atomic mass is 10.1. The number of halogens is 1. The topological polar surface area (TPSA) is 79.8 Å². The number of nitrogens with zero attached hydrogens (tertiary/aromatic N) is 2. The van der Waals surface area contributed by atoms with Crippen molar-refractivity contribution in [3.63, 3.8) is 0 Å². The molecule has 0 aliphatic rings. The monoisotopic (exact) mass is 417 g/mol. The van der Waals surface area contributed by atoms with Gasteiger partial charge in [-0.2, -0.15) is 0 Å². The fourth-order valence-corrected chi connectivity index (χ4v) is 3.67. The van der Waals surface area contributed by atoms with E-state index >= 15 is 0 Å². The van der Waals surface area contributed by atoms with Gasteiger partial charge in [0.05, 0.1) is 10.7 Å². The van der Waals surface area contributed by atoms with Gasteiger partial charge in [0.25, 0.3) is 5.91 Å². The lowest BCUT2D eigenvalue weighted by molar-refractivity contribution is 0.0997. The fraction of sp³-hybridized carbons (Fsp3) is 0.0435. The van der Waals surface area contributed by atoms with Crippen LogP contribution in [0.4, 0.5) is 5.82 Å². The fourth-order valence-electron chi connectivity index (χ4n) is 3.47. The number of aromatic hydroxyl groups is 1. The summed E-state index contributed by atoms with van der Waals surface area (Å²) in [5, 5.41) is 14.9. The average Bonchev–Trinajstić information content (AvgIpc) is 3.34. The number of phenols is 1. The summed E-state index contributed by atoms with van der Waals surface area (Å²) in [6.45, 7) is 1.80. The van der Waals surface area contributed by atoms with Gasteiger partial charge in [-0.15, -0.1) is 0 Å². The summed E-state index contributed by atoms with van der Waals surface area (Å²) in [4.78, 5) is 17.2. The molecule has 0 bridgehead atoms. The number of hydrogen-bond donors (Lipinski definition) is 2. The quantitative estimate of drug-likeness (QED) is 0.396. The first-order valence-corrected chi connectivity index (χ1v) is 9.65. The van der Waals surface area contributed by atoms with E-state index in [1.165, 1.54) is 0 Å². The SMILES string of the molecule is Cc1nc2c(Cl)cccn2c1NC(=O)c1ccc(-c2ccc3cc(O)ccc3c2)o1. The molecule has 0 saturated heterocycles. The van der Waals surface area contributed by atoms with Crippen molar-refractivity contribution in [1.82, 2.24) is 9.38 Å². The van der Waals surface area contributed by atoms with Crippen molar-refractivity contribution in [2.24, 2.45) is 0 Å². The van der Waals surface area contributed by atoms with Crippen LogP contribution in [0.2, 0.25) is 5.02 Å². The third-order valence-electron chi connectivity index (χ3n) is 4.95. The van der Waals surface area contributed by atoms with E-state index in [9.17, 15) is 9.90 Å². The largest absolute Gasteiger partial charge is 0.508 e. The number of amides is 1. The van der Waals surface area contributed by atoms with Gasteiger partial charge in [0.15, 0.2) is 11.4 Å². The van der Waals surface area contributed by atoms with Gasteiger partial charge in [-0.3, -0.25) is 9.20 Å². The first-order valence-electron chi connectivity index (χ1n) is 9.27. The van der Waals surface area contributed by atoms with Crippen LogP contribution in [0.25, 0.3) is 27.7 Å². The molecule has 0 fully saturated rings. The van der Waals surface area contributed by atoms with Gasteiger partial charge >= 0.3 is 0 Å². The third kappa shape index (κ3) is 3.07. The first-order chi connectivity index (χ1) is 14.5. The van der Waals surface area contributed by atoms with Crippen molar-refractivity contribution < 1.29 is 14.3 Å². The van der Waals surface area contributed by atoms with Crippen LogP contribution >= 0.6 is 11.6 Å². The zero-order chi connectivity index (χ0) is 20.8. The van der Waals surface area contributed by atoms with Crippen molar-refractivity contribution in [3.8, 4) is 17.1 Å². The number of imidazole rings is 1. The molecule has 1 amide bonds. The Bertz CT molecular complexity index is 1430. The summed E-state index contributed by atoms with van der Waals surface area (Å²) in [6.07, 6.45) is 1.79. The molecule has 3 aromatic heterocycles. The molecular formula is C23H16ClN3O3. The Labute approximate surface area is 176 Å². The number of aromatic nitrogens is 2. The molecule has 0 atom stereocenters. The van der Waals surface area contributed by atoms with Crippen LogP contribution in [-0.2, 0) is 0 Å². The Kier molecular flexibility index (Phi) is 4.22. The van der Waals surface area contributed by atoms with E-state index < -0.39 is 0 Å². The number of carbonyl (C=O) groups is 1. The van der Waals surface area contributed by atoms with Crippen LogP contribution in [-0.4, -0.2) is 20.4 Å². The number of rotatable bonds is 3. The highest BCUT2D eigenvalue weighted by Gasteiger charge is 2.17. The summed E-state index contributed by atoms with van der Waals surface area (Å²) in [6, 6.07) is 17.8. The van der Waals surface area contributed by atoms with Crippen molar-refractivity contribution in [3.05, 3.63) is 83.3 Å². The predicted octanol–water partition coefficient (Wildman–Crippen LogP) is 5.67. The molecule has 2 N–H and O–H groups in total. The minimum absolute atomic E-state index is 0.187. The number of hydrogen-bond acceptors (Lipinski definition) is 4. The van der Waals surface area contributed by atoms with Crippen LogP contribution in [0.5, 0.6) is 5.75 Å². The highest BCUT2D eigenvalue weighted by Crippen LogP contribution is 2.29. The summed E-state index contributed by atoms with van der Waals surface area (Å²) in [5.74, 6) is 1.15. The van der Waals surface area contributed by atoms with Gasteiger partial charge in [0, 0.05) is 11.8 Å². The van der Waals surface area contributed by atoms with E-state index in [2.05, 4.69) is 10.3 Å². The zero-order valence-electron chi connectivity index (χ0n) is 15.9. The Morgan fingerprint density at radius 2 is 1.90 bits per heavy atom. The van der Waals surface area contributed by atoms with Crippen molar-refractivity contribution >= 4 is 39.7 Å². The van der Waals surface area contributed by atoms with Crippen LogP contribution < -0.4 is 5.32 Å². The van der Waals surface area contributed by atoms with E-state index in [-0.39, 0.29) is 17.4 Å². The number of nitrogens with one attached hydrogen (secondary N) is 1. The predicted molar refractivity (Wildman–Crippen MR) is 116 cm³/mol. The zero-order valence-corrected chi connectivity index (χ0v) is 16.6. The molecule has 30 heavy (non-hydrogen) atoms. The van der Waals surface area contributed by atoms with Gasteiger partial charge in [0.2, 0.25) is 0 Å². The molecule has 7 heteroatoms. The maximum absolute atomic E-state index is 12.8. The third-order valence-corrected chi connectivity index (χ3v) is 5.24. The molecule has 6 nitrogen and oxygen atoms in total. The highest BCUT2D eigenvalue weighted by atomic mass is 35.5. The van der Waals surface area contributed by atoms with Crippen LogP contribution in [0, 0.1) is 6.92 Å². The molecule has 0 aliphatic heterocycles. The molecular weight excluding hydrogens is 402 g/mol. The Morgan fingerprint density at radius 3 is 2.77 bits per heavy atom. The second-order valence-electron chi connectivity index (χ2n) is 6.96. The lowest BCUT2D eigenvalue weighted by Gasteiger charge is -2.05. The summed E-state index contributed by atoms with van der Waals surface area (Å²) < 4.78 is 7.55. The standard InChI is InChI=1S/C23H16ClN3O3/c1-13-21(27-10-2-3-18(24)22(27)25-13)26-23(29)20-9-8-19(30-20)16-5-4-15-12-17(28)7-6-14(15)11-16/h2-12,28H,1H3,(H,26,29). The van der Waals surface area contributed by atoms with Gasteiger partial charge in [-0.1, -0.05) is 29.8 Å². The Balaban J connectivity index is 1.44. The second-order valence-corrected chi connectivity index (χ2v) is 7.37. The minimum Gasteiger partial charge on any atom is -0.508 e. The molecule has 5 rings (SSSR count). The molecule has 0 aliphatic carbocycles. The van der Waals surface area contributed by atoms with Gasteiger partial charge < -0.3 is 14.8 Å². The van der Waals surface area contributed by atoms with Gasteiger partial charge in [-0.25, -0.2) is 4.98 Å². The molecule has 0 unspecified atom stereocenters. The molecule has 0 radical (unpaired) electrons. The maximum atomic E-state index is 12.8. The molecule has 0 saturated carbocycles. The Hall–Kier alpha value is -3.77. The summed E-state index contributed by atoms with van der Waals surface area (Å²) in [5.41, 5.74) is 2.07. The van der Waals surface area contributed by atoms with E-state index in [1.54, 1.807) is 53.9 Å². The highest BCUT2D eigenvalue weighted by molar-refractivity contribution is 6.33. The number of furan rings is 1. The van der Waals surface area contributed by atoms with E-state index in [4.69, 9.17) is 16.0 Å². The molecule has 3 heterocycles. The summed E-state index contributed by atoms with van der Waals surface area (Å²) >= 11 is 6.19. The first kappa shape index (κ1) is 18.3. The smallest absolute Gasteiger partial charge is 0.292 e. The van der Waals surface area contributed by atoms with Crippen molar-refractivity contribution in [2.45, 2.75) is 6.92 Å². The van der Waals surface area contributed by atoms with Crippen LogP contribution in [0.1, 0.15) is 16.2 Å². The van der Waals surface area contributed by atoms with Crippen molar-refractivity contribution in [2.75, 3.05) is 5.32 Å². The average molecular weight is 418 g/mol. The normalized spacial score (nSPS) is 11.3. The number of anilines is 1. The molecule has 5 aromatic rings. The second kappa shape index (κ2) is 6.93. The molecule has 0 spiro atoms. The van der Waals surface area contributed by atoms with Gasteiger partial charge in [-0.05, 0) is 60.2 Å². The number of aryl methyl sites for hydroxylation is 1. The van der Waals surface area contributed by atoms with E-state index in [0.29, 0.717) is 27.9 Å². The Morgan fingerprint density at radius 1 is 1.10 bits per heavy atom. The lowest BCUT2D eigenvalue weighted by Crippen LogP contribution is -2.13.